The third kappa shape index (κ3) is 2.99. The highest BCUT2D eigenvalue weighted by atomic mass is 35.5. The van der Waals surface area contributed by atoms with Gasteiger partial charge >= 0.3 is 0 Å². The summed E-state index contributed by atoms with van der Waals surface area (Å²) in [5, 5.41) is 1.52. The number of nitrogens with zero attached hydrogens (tertiary/aromatic N) is 2. The van der Waals surface area contributed by atoms with Gasteiger partial charge in [-0.2, -0.15) is 0 Å². The molecule has 0 saturated carbocycles. The van der Waals surface area contributed by atoms with Crippen LogP contribution >= 0.6 is 34.8 Å². The molecule has 0 bridgehead atoms. The predicted octanol–water partition coefficient (Wildman–Crippen LogP) is 6.35. The first-order valence-corrected chi connectivity index (χ1v) is 8.91. The monoisotopic (exact) mass is 400 g/mol. The highest BCUT2D eigenvalue weighted by Crippen LogP contribution is 2.32. The molecular weight excluding hydrogens is 391 g/mol. The molecule has 0 aliphatic heterocycles. The van der Waals surface area contributed by atoms with Gasteiger partial charge in [-0.25, -0.2) is 4.98 Å². The van der Waals surface area contributed by atoms with Gasteiger partial charge in [-0.15, -0.1) is 0 Å². The Hall–Kier alpha value is -2.33. The van der Waals surface area contributed by atoms with Crippen molar-refractivity contribution in [2.24, 2.45) is 0 Å². The molecule has 1 heterocycles. The smallest absolute Gasteiger partial charge is 0.264 e. The first kappa shape index (κ1) is 17.1. The van der Waals surface area contributed by atoms with Crippen LogP contribution in [0, 0.1) is 0 Å². The van der Waals surface area contributed by atoms with Gasteiger partial charge in [0.1, 0.15) is 5.82 Å². The number of imidazole rings is 1. The highest BCUT2D eigenvalue weighted by molar-refractivity contribution is 6.36. The Bertz CT molecular complexity index is 1130. The van der Waals surface area contributed by atoms with Gasteiger partial charge in [-0.05, 0) is 54.6 Å². The number of hydrogen-bond acceptors (Lipinski definition) is 2. The Morgan fingerprint density at radius 3 is 2.27 bits per heavy atom. The van der Waals surface area contributed by atoms with Crippen molar-refractivity contribution >= 4 is 51.7 Å². The van der Waals surface area contributed by atoms with E-state index in [1.165, 1.54) is 0 Å². The van der Waals surface area contributed by atoms with Crippen molar-refractivity contribution in [1.82, 2.24) is 9.55 Å². The molecule has 0 saturated heterocycles. The summed E-state index contributed by atoms with van der Waals surface area (Å²) in [6.07, 6.45) is 0. The van der Waals surface area contributed by atoms with Crippen molar-refractivity contribution in [2.45, 2.75) is 0 Å². The second kappa shape index (κ2) is 6.76. The van der Waals surface area contributed by atoms with E-state index in [4.69, 9.17) is 34.8 Å². The van der Waals surface area contributed by atoms with E-state index >= 15 is 0 Å². The number of hydrogen-bond donors (Lipinski definition) is 0. The van der Waals surface area contributed by atoms with E-state index in [2.05, 4.69) is 4.98 Å². The van der Waals surface area contributed by atoms with Crippen molar-refractivity contribution in [1.29, 1.82) is 0 Å². The molecule has 4 rings (SSSR count). The maximum atomic E-state index is 13.2. The summed E-state index contributed by atoms with van der Waals surface area (Å²) in [7, 11) is 0. The molecule has 3 aromatic carbocycles. The molecule has 0 radical (unpaired) electrons. The van der Waals surface area contributed by atoms with Crippen LogP contribution in [0.3, 0.4) is 0 Å². The van der Waals surface area contributed by atoms with Gasteiger partial charge in [-0.3, -0.25) is 9.36 Å². The fourth-order valence-electron chi connectivity index (χ4n) is 2.80. The van der Waals surface area contributed by atoms with Gasteiger partial charge < -0.3 is 0 Å². The van der Waals surface area contributed by atoms with E-state index in [1.807, 2.05) is 24.3 Å². The van der Waals surface area contributed by atoms with Gasteiger partial charge in [0.15, 0.2) is 0 Å². The number of carbonyl (C=O) groups excluding carboxylic acids is 1. The average molecular weight is 402 g/mol. The number of aromatic nitrogens is 2. The molecule has 0 fully saturated rings. The zero-order chi connectivity index (χ0) is 18.3. The standard InChI is InChI=1S/C20H11Cl3N2O/c21-13-7-5-12(6-8-13)20(26)25-18-4-2-1-3-17(18)24-19(25)15-10-9-14(22)11-16(15)23/h1-11H. The fraction of sp³-hybridized carbons (Fsp3) is 0. The largest absolute Gasteiger partial charge is 0.268 e. The summed E-state index contributed by atoms with van der Waals surface area (Å²) in [6.45, 7) is 0. The van der Waals surface area contributed by atoms with E-state index in [1.54, 1.807) is 47.0 Å². The minimum absolute atomic E-state index is 0.212. The molecule has 3 nitrogen and oxygen atoms in total. The minimum atomic E-state index is -0.212. The number of halogens is 3. The maximum Gasteiger partial charge on any atom is 0.264 e. The second-order valence-corrected chi connectivity index (χ2v) is 6.98. The summed E-state index contributed by atoms with van der Waals surface area (Å²) < 4.78 is 1.56. The van der Waals surface area contributed by atoms with Crippen molar-refractivity contribution in [3.05, 3.63) is 87.4 Å². The zero-order valence-electron chi connectivity index (χ0n) is 13.3. The molecule has 0 aliphatic rings. The summed E-state index contributed by atoms with van der Waals surface area (Å²) in [6, 6.07) is 19.3. The van der Waals surface area contributed by atoms with Crippen LogP contribution in [0.2, 0.25) is 15.1 Å². The van der Waals surface area contributed by atoms with Crippen LogP contribution < -0.4 is 0 Å². The molecule has 6 heteroatoms. The number of fused-ring (bicyclic) bond motifs is 1. The van der Waals surface area contributed by atoms with E-state index in [0.29, 0.717) is 43.1 Å². The minimum Gasteiger partial charge on any atom is -0.268 e. The Morgan fingerprint density at radius 2 is 1.54 bits per heavy atom. The Labute approximate surface area is 164 Å². The summed E-state index contributed by atoms with van der Waals surface area (Å²) in [4.78, 5) is 17.8. The highest BCUT2D eigenvalue weighted by Gasteiger charge is 2.21. The van der Waals surface area contributed by atoms with Crippen LogP contribution in [-0.4, -0.2) is 15.5 Å². The number of rotatable bonds is 2. The van der Waals surface area contributed by atoms with Gasteiger partial charge in [0.2, 0.25) is 0 Å². The number of carbonyl (C=O) groups is 1. The van der Waals surface area contributed by atoms with E-state index in [0.717, 1.165) is 0 Å². The Morgan fingerprint density at radius 1 is 0.846 bits per heavy atom. The summed E-state index contributed by atoms with van der Waals surface area (Å²) in [5.41, 5.74) is 2.54. The van der Waals surface area contributed by atoms with Crippen LogP contribution in [0.1, 0.15) is 10.4 Å². The number of benzene rings is 3. The molecular formula is C20H11Cl3N2O. The van der Waals surface area contributed by atoms with Gasteiger partial charge in [0.25, 0.3) is 5.91 Å². The average Bonchev–Trinajstić information content (AvgIpc) is 3.01. The Kier molecular flexibility index (Phi) is 4.45. The normalized spacial score (nSPS) is 11.0. The molecule has 0 unspecified atom stereocenters. The van der Waals surface area contributed by atoms with Crippen molar-refractivity contribution in [2.75, 3.05) is 0 Å². The lowest BCUT2D eigenvalue weighted by Gasteiger charge is -2.10. The van der Waals surface area contributed by atoms with Crippen LogP contribution in [0.25, 0.3) is 22.4 Å². The summed E-state index contributed by atoms with van der Waals surface area (Å²) >= 11 is 18.3. The van der Waals surface area contributed by atoms with Crippen molar-refractivity contribution < 1.29 is 4.79 Å². The van der Waals surface area contributed by atoms with Gasteiger partial charge in [-0.1, -0.05) is 46.9 Å². The van der Waals surface area contributed by atoms with E-state index in [-0.39, 0.29) is 5.91 Å². The van der Waals surface area contributed by atoms with Crippen molar-refractivity contribution in [3.8, 4) is 11.4 Å². The summed E-state index contributed by atoms with van der Waals surface area (Å²) in [5.74, 6) is 0.254. The third-order valence-corrected chi connectivity index (χ3v) is 4.83. The second-order valence-electron chi connectivity index (χ2n) is 5.70. The molecule has 1 aromatic heterocycles. The quantitative estimate of drug-likeness (QED) is 0.392. The van der Waals surface area contributed by atoms with Crippen LogP contribution in [0.5, 0.6) is 0 Å². The first-order valence-electron chi connectivity index (χ1n) is 7.78. The Balaban J connectivity index is 1.98. The van der Waals surface area contributed by atoms with E-state index < -0.39 is 0 Å². The first-order chi connectivity index (χ1) is 12.5. The predicted molar refractivity (Wildman–Crippen MR) is 106 cm³/mol. The lowest BCUT2D eigenvalue weighted by molar-refractivity contribution is 0.0966. The van der Waals surface area contributed by atoms with Gasteiger partial charge in [0.05, 0.1) is 16.1 Å². The molecule has 0 aliphatic carbocycles. The molecule has 0 N–H and O–H groups in total. The van der Waals surface area contributed by atoms with E-state index in [9.17, 15) is 4.79 Å². The molecule has 4 aromatic rings. The topological polar surface area (TPSA) is 34.9 Å². The molecule has 128 valence electrons. The number of para-hydroxylation sites is 2. The van der Waals surface area contributed by atoms with Crippen LogP contribution in [0.15, 0.2) is 66.7 Å². The molecule has 0 atom stereocenters. The molecule has 0 spiro atoms. The van der Waals surface area contributed by atoms with Gasteiger partial charge in [0, 0.05) is 21.2 Å². The third-order valence-electron chi connectivity index (χ3n) is 4.03. The van der Waals surface area contributed by atoms with Crippen LogP contribution in [-0.2, 0) is 0 Å². The lowest BCUT2D eigenvalue weighted by atomic mass is 10.1. The van der Waals surface area contributed by atoms with Crippen molar-refractivity contribution in [3.63, 3.8) is 0 Å². The van der Waals surface area contributed by atoms with Crippen LogP contribution in [0.4, 0.5) is 0 Å². The fourth-order valence-corrected chi connectivity index (χ4v) is 3.42. The molecule has 26 heavy (non-hydrogen) atoms. The lowest BCUT2D eigenvalue weighted by Crippen LogP contribution is -2.13. The maximum absolute atomic E-state index is 13.2. The zero-order valence-corrected chi connectivity index (χ0v) is 15.6. The molecule has 0 amide bonds. The SMILES string of the molecule is O=C(c1ccc(Cl)cc1)n1c(-c2ccc(Cl)cc2Cl)nc2ccccc21.